The maximum atomic E-state index is 13.2. The third-order valence-electron chi connectivity index (χ3n) is 5.33. The van der Waals surface area contributed by atoms with Crippen molar-refractivity contribution >= 4 is 34.4 Å². The second-order valence-corrected chi connectivity index (χ2v) is 8.47. The van der Waals surface area contributed by atoms with E-state index in [1.807, 2.05) is 29.7 Å². The van der Waals surface area contributed by atoms with E-state index < -0.39 is 0 Å². The van der Waals surface area contributed by atoms with Gasteiger partial charge in [-0.05, 0) is 37.5 Å². The van der Waals surface area contributed by atoms with E-state index in [1.54, 1.807) is 14.0 Å². The number of rotatable bonds is 3. The molecule has 3 aromatic rings. The predicted octanol–water partition coefficient (Wildman–Crippen LogP) is 3.22. The van der Waals surface area contributed by atoms with Gasteiger partial charge in [0.05, 0.1) is 6.54 Å². The number of halogens is 1. The molecular formula is C21H24ClN5O2. The van der Waals surface area contributed by atoms with Crippen LogP contribution in [0.3, 0.4) is 0 Å². The monoisotopic (exact) mass is 413 g/mol. The van der Waals surface area contributed by atoms with Crippen molar-refractivity contribution in [3.05, 3.63) is 61.8 Å². The van der Waals surface area contributed by atoms with Gasteiger partial charge in [-0.3, -0.25) is 13.9 Å². The fraction of sp³-hybridized carbons (Fsp3) is 0.381. The van der Waals surface area contributed by atoms with E-state index in [2.05, 4.69) is 18.4 Å². The third kappa shape index (κ3) is 3.09. The van der Waals surface area contributed by atoms with Gasteiger partial charge in [0.1, 0.15) is 0 Å². The summed E-state index contributed by atoms with van der Waals surface area (Å²) in [6.07, 6.45) is 0. The Hall–Kier alpha value is -2.80. The molecule has 7 nitrogen and oxygen atoms in total. The first-order chi connectivity index (χ1) is 13.7. The van der Waals surface area contributed by atoms with Crippen LogP contribution in [0, 0.1) is 12.8 Å². The van der Waals surface area contributed by atoms with E-state index in [1.165, 1.54) is 9.13 Å². The van der Waals surface area contributed by atoms with Crippen LogP contribution in [-0.2, 0) is 20.1 Å². The lowest BCUT2D eigenvalue weighted by atomic mass is 10.1. The number of benzene rings is 1. The maximum Gasteiger partial charge on any atom is 0.332 e. The average Bonchev–Trinajstić information content (AvgIpc) is 3.04. The van der Waals surface area contributed by atoms with Crippen LogP contribution in [0.4, 0.5) is 11.6 Å². The average molecular weight is 414 g/mol. The molecule has 0 bridgehead atoms. The highest BCUT2D eigenvalue weighted by Crippen LogP contribution is 2.35. The molecule has 0 N–H and O–H groups in total. The van der Waals surface area contributed by atoms with E-state index in [4.69, 9.17) is 16.6 Å². The number of aryl methyl sites for hydroxylation is 2. The number of aromatic nitrogens is 4. The lowest BCUT2D eigenvalue weighted by Crippen LogP contribution is -2.40. The van der Waals surface area contributed by atoms with Crippen LogP contribution in [0.2, 0.25) is 5.02 Å². The molecule has 1 unspecified atom stereocenters. The number of nitrogens with zero attached hydrogens (tertiary/aromatic N) is 5. The second-order valence-electron chi connectivity index (χ2n) is 8.03. The van der Waals surface area contributed by atoms with Crippen molar-refractivity contribution in [2.45, 2.75) is 33.9 Å². The number of hydrogen-bond acceptors (Lipinski definition) is 4. The largest absolute Gasteiger partial charge is 0.332 e. The molecule has 0 radical (unpaired) electrons. The quantitative estimate of drug-likeness (QED) is 0.618. The molecule has 0 spiro atoms. The number of allylic oxidation sites excluding steroid dienone is 1. The van der Waals surface area contributed by atoms with E-state index in [0.29, 0.717) is 28.7 Å². The molecule has 3 heterocycles. The topological polar surface area (TPSA) is 65.1 Å². The smallest absolute Gasteiger partial charge is 0.311 e. The van der Waals surface area contributed by atoms with Crippen molar-refractivity contribution in [2.24, 2.45) is 13.0 Å². The first kappa shape index (κ1) is 19.5. The fourth-order valence-corrected chi connectivity index (χ4v) is 4.16. The molecule has 1 aliphatic heterocycles. The molecule has 2 aromatic heterocycles. The van der Waals surface area contributed by atoms with Crippen molar-refractivity contribution in [3.8, 4) is 0 Å². The number of fused-ring (bicyclic) bond motifs is 3. The molecule has 29 heavy (non-hydrogen) atoms. The number of imidazole rings is 1. The summed E-state index contributed by atoms with van der Waals surface area (Å²) in [6, 6.07) is 5.74. The van der Waals surface area contributed by atoms with Gasteiger partial charge >= 0.3 is 5.69 Å². The van der Waals surface area contributed by atoms with Gasteiger partial charge in [0, 0.05) is 30.8 Å². The minimum absolute atomic E-state index is 0.189. The summed E-state index contributed by atoms with van der Waals surface area (Å²) in [7, 11) is 1.65. The summed E-state index contributed by atoms with van der Waals surface area (Å²) in [6.45, 7) is 11.4. The van der Waals surface area contributed by atoms with Crippen LogP contribution in [0.5, 0.6) is 0 Å². The third-order valence-corrected chi connectivity index (χ3v) is 5.57. The van der Waals surface area contributed by atoms with Gasteiger partial charge in [0.25, 0.3) is 5.56 Å². The zero-order valence-corrected chi connectivity index (χ0v) is 17.8. The molecular weight excluding hydrogens is 390 g/mol. The molecule has 8 heteroatoms. The van der Waals surface area contributed by atoms with Crippen molar-refractivity contribution in [1.82, 2.24) is 18.7 Å². The lowest BCUT2D eigenvalue weighted by Gasteiger charge is -2.33. The van der Waals surface area contributed by atoms with Crippen molar-refractivity contribution in [3.63, 3.8) is 0 Å². The maximum absolute atomic E-state index is 13.2. The van der Waals surface area contributed by atoms with Crippen LogP contribution >= 0.6 is 11.6 Å². The van der Waals surface area contributed by atoms with E-state index in [-0.39, 0.29) is 23.7 Å². The first-order valence-corrected chi connectivity index (χ1v) is 9.95. The Balaban J connectivity index is 2.04. The molecule has 0 amide bonds. The molecule has 1 aromatic carbocycles. The van der Waals surface area contributed by atoms with Crippen LogP contribution < -0.4 is 16.1 Å². The highest BCUT2D eigenvalue weighted by molar-refractivity contribution is 6.30. The second kappa shape index (κ2) is 6.91. The predicted molar refractivity (Wildman–Crippen MR) is 116 cm³/mol. The van der Waals surface area contributed by atoms with Crippen LogP contribution in [0.25, 0.3) is 11.2 Å². The molecule has 0 saturated carbocycles. The fourth-order valence-electron chi connectivity index (χ4n) is 3.99. The van der Waals surface area contributed by atoms with Crippen molar-refractivity contribution in [2.75, 3.05) is 11.4 Å². The summed E-state index contributed by atoms with van der Waals surface area (Å²) < 4.78 is 4.60. The van der Waals surface area contributed by atoms with Gasteiger partial charge in [0.15, 0.2) is 11.2 Å². The summed E-state index contributed by atoms with van der Waals surface area (Å²) in [5.74, 6) is 0.938. The van der Waals surface area contributed by atoms with Crippen molar-refractivity contribution < 1.29 is 0 Å². The summed E-state index contributed by atoms with van der Waals surface area (Å²) >= 11 is 6.26. The van der Waals surface area contributed by atoms with Crippen LogP contribution in [0.1, 0.15) is 19.4 Å². The highest BCUT2D eigenvalue weighted by Gasteiger charge is 2.30. The Bertz CT molecular complexity index is 1270. The Kier molecular flexibility index (Phi) is 4.65. The molecule has 4 rings (SSSR count). The molecule has 1 aliphatic rings. The van der Waals surface area contributed by atoms with Crippen molar-refractivity contribution in [1.29, 1.82) is 0 Å². The molecule has 0 aliphatic carbocycles. The van der Waals surface area contributed by atoms with Gasteiger partial charge in [0.2, 0.25) is 5.95 Å². The van der Waals surface area contributed by atoms with E-state index in [9.17, 15) is 9.59 Å². The Morgan fingerprint density at radius 3 is 2.72 bits per heavy atom. The van der Waals surface area contributed by atoms with Gasteiger partial charge in [-0.25, -0.2) is 4.79 Å². The minimum Gasteiger partial charge on any atom is -0.311 e. The summed E-state index contributed by atoms with van der Waals surface area (Å²) in [5, 5.41) is 0.641. The molecule has 0 saturated heterocycles. The lowest BCUT2D eigenvalue weighted by molar-refractivity contribution is 0.457. The molecule has 1 atom stereocenters. The van der Waals surface area contributed by atoms with E-state index in [0.717, 1.165) is 23.4 Å². The highest BCUT2D eigenvalue weighted by atomic mass is 35.5. The van der Waals surface area contributed by atoms with Crippen LogP contribution in [-0.4, -0.2) is 25.2 Å². The minimum atomic E-state index is -0.389. The zero-order valence-electron chi connectivity index (χ0n) is 17.1. The van der Waals surface area contributed by atoms with E-state index >= 15 is 0 Å². The SMILES string of the molecule is C=C(C)Cn1c(=O)c2c(nc3n2CC(C)CN3c2cc(Cl)ccc2C)n(C)c1=O. The van der Waals surface area contributed by atoms with Crippen LogP contribution in [0.15, 0.2) is 39.9 Å². The summed E-state index contributed by atoms with van der Waals surface area (Å²) in [5.41, 5.74) is 2.88. The standard InChI is InChI=1S/C21H24ClN5O2/c1-12(2)9-27-19(28)17-18(24(5)21(27)29)23-20-25(10-13(3)11-26(17)20)16-8-15(22)7-6-14(16)4/h6-8,13H,1,9-11H2,2-5H3. The van der Waals surface area contributed by atoms with Gasteiger partial charge in [-0.2, -0.15) is 4.98 Å². The normalized spacial score (nSPS) is 16.3. The number of anilines is 2. The Morgan fingerprint density at radius 2 is 2.03 bits per heavy atom. The number of hydrogen-bond donors (Lipinski definition) is 0. The molecule has 0 fully saturated rings. The Morgan fingerprint density at radius 1 is 1.31 bits per heavy atom. The molecule has 152 valence electrons. The summed E-state index contributed by atoms with van der Waals surface area (Å²) in [4.78, 5) is 32.8. The van der Waals surface area contributed by atoms with Gasteiger partial charge in [-0.1, -0.05) is 36.7 Å². The first-order valence-electron chi connectivity index (χ1n) is 9.57. The Labute approximate surface area is 173 Å². The zero-order chi connectivity index (χ0) is 21.0. The van der Waals surface area contributed by atoms with Gasteiger partial charge in [-0.15, -0.1) is 0 Å². The van der Waals surface area contributed by atoms with Gasteiger partial charge < -0.3 is 9.47 Å².